The van der Waals surface area contributed by atoms with Gasteiger partial charge in [-0.1, -0.05) is 85.1 Å². The third kappa shape index (κ3) is 8.36. The molecule has 0 spiro atoms. The number of hydrogen-bond acceptors (Lipinski definition) is 3. The number of ether oxygens (including phenoxy) is 1. The number of para-hydroxylation sites is 1. The van der Waals surface area contributed by atoms with Crippen molar-refractivity contribution in [2.45, 2.75) is 63.6 Å². The number of rotatable bonds is 12. The predicted octanol–water partition coefficient (Wildman–Crippen LogP) is 6.20. The van der Waals surface area contributed by atoms with Crippen molar-refractivity contribution in [1.29, 1.82) is 0 Å². The van der Waals surface area contributed by atoms with Gasteiger partial charge in [0.05, 0.1) is 6.61 Å². The van der Waals surface area contributed by atoms with Crippen LogP contribution in [0.3, 0.4) is 0 Å². The summed E-state index contributed by atoms with van der Waals surface area (Å²) in [6.45, 7) is 0.743. The Bertz CT molecular complexity index is 1130. The zero-order chi connectivity index (χ0) is 25.9. The monoisotopic (exact) mass is 518 g/mol. The fraction of sp³-hybridized carbons (Fsp3) is 0.355. The van der Waals surface area contributed by atoms with Gasteiger partial charge in [0.1, 0.15) is 11.8 Å². The first-order valence-electron chi connectivity index (χ1n) is 13.1. The summed E-state index contributed by atoms with van der Waals surface area (Å²) in [5.74, 6) is 0.620. The molecule has 194 valence electrons. The highest BCUT2D eigenvalue weighted by atomic mass is 35.5. The maximum Gasteiger partial charge on any atom is 0.243 e. The fourth-order valence-electron chi connectivity index (χ4n) is 4.83. The zero-order valence-electron chi connectivity index (χ0n) is 21.2. The van der Waals surface area contributed by atoms with E-state index < -0.39 is 6.04 Å². The van der Waals surface area contributed by atoms with Crippen molar-refractivity contribution in [1.82, 2.24) is 10.2 Å². The largest absolute Gasteiger partial charge is 0.494 e. The van der Waals surface area contributed by atoms with Crippen molar-refractivity contribution < 1.29 is 14.3 Å². The first kappa shape index (κ1) is 26.7. The van der Waals surface area contributed by atoms with Gasteiger partial charge < -0.3 is 15.0 Å². The van der Waals surface area contributed by atoms with Crippen LogP contribution in [0.2, 0.25) is 5.02 Å². The van der Waals surface area contributed by atoms with E-state index in [2.05, 4.69) is 5.32 Å². The molecular formula is C31H35ClN2O3. The van der Waals surface area contributed by atoms with E-state index in [0.717, 1.165) is 42.6 Å². The average Bonchev–Trinajstić information content (AvgIpc) is 3.43. The van der Waals surface area contributed by atoms with E-state index in [-0.39, 0.29) is 24.3 Å². The second kappa shape index (κ2) is 13.8. The molecule has 0 aliphatic heterocycles. The first-order valence-corrected chi connectivity index (χ1v) is 13.5. The van der Waals surface area contributed by atoms with Crippen LogP contribution in [0, 0.1) is 0 Å². The Hall–Kier alpha value is -3.31. The van der Waals surface area contributed by atoms with Crippen molar-refractivity contribution in [3.8, 4) is 5.75 Å². The SMILES string of the molecule is O=C(NC1CCCC1)[C@@H](Cc1ccccc1)N(Cc1cccc(Cl)c1)C(=O)CCCOc1ccccc1. The number of hydrogen-bond donors (Lipinski definition) is 1. The third-order valence-corrected chi connectivity index (χ3v) is 7.00. The fourth-order valence-corrected chi connectivity index (χ4v) is 5.04. The normalized spacial score (nSPS) is 14.2. The lowest BCUT2D eigenvalue weighted by atomic mass is 10.0. The van der Waals surface area contributed by atoms with Crippen LogP contribution in [0.15, 0.2) is 84.9 Å². The molecule has 3 aromatic carbocycles. The smallest absolute Gasteiger partial charge is 0.243 e. The summed E-state index contributed by atoms with van der Waals surface area (Å²) in [6, 6.07) is 26.5. The van der Waals surface area contributed by atoms with E-state index in [9.17, 15) is 9.59 Å². The number of carbonyl (C=O) groups is 2. The molecule has 0 unspecified atom stereocenters. The minimum absolute atomic E-state index is 0.0702. The van der Waals surface area contributed by atoms with Gasteiger partial charge in [-0.05, 0) is 54.7 Å². The Morgan fingerprint density at radius 1 is 0.919 bits per heavy atom. The van der Waals surface area contributed by atoms with Crippen molar-refractivity contribution in [3.63, 3.8) is 0 Å². The Morgan fingerprint density at radius 2 is 1.59 bits per heavy atom. The molecule has 1 fully saturated rings. The van der Waals surface area contributed by atoms with Gasteiger partial charge in [0.2, 0.25) is 11.8 Å². The molecule has 0 saturated heterocycles. The summed E-state index contributed by atoms with van der Waals surface area (Å²) in [4.78, 5) is 29.1. The van der Waals surface area contributed by atoms with Crippen molar-refractivity contribution >= 4 is 23.4 Å². The van der Waals surface area contributed by atoms with Gasteiger partial charge in [-0.3, -0.25) is 9.59 Å². The van der Waals surface area contributed by atoms with Gasteiger partial charge in [-0.15, -0.1) is 0 Å². The second-order valence-electron chi connectivity index (χ2n) is 9.61. The molecule has 1 N–H and O–H groups in total. The zero-order valence-corrected chi connectivity index (χ0v) is 21.9. The van der Waals surface area contributed by atoms with Crippen LogP contribution in [-0.2, 0) is 22.6 Å². The van der Waals surface area contributed by atoms with Crippen LogP contribution in [0.25, 0.3) is 0 Å². The Balaban J connectivity index is 1.52. The maximum absolute atomic E-state index is 13.7. The molecule has 5 nitrogen and oxygen atoms in total. The van der Waals surface area contributed by atoms with E-state index in [0.29, 0.717) is 31.0 Å². The van der Waals surface area contributed by atoms with Crippen LogP contribution in [0.4, 0.5) is 0 Å². The van der Waals surface area contributed by atoms with E-state index in [4.69, 9.17) is 16.3 Å². The molecule has 0 bridgehead atoms. The Kier molecular flexibility index (Phi) is 10.0. The molecule has 4 rings (SSSR count). The topological polar surface area (TPSA) is 58.6 Å². The van der Waals surface area contributed by atoms with Crippen molar-refractivity contribution in [3.05, 3.63) is 101 Å². The summed E-state index contributed by atoms with van der Waals surface area (Å²) < 4.78 is 5.79. The molecule has 3 aromatic rings. The van der Waals surface area contributed by atoms with Gasteiger partial charge in [0.25, 0.3) is 0 Å². The molecule has 0 heterocycles. The van der Waals surface area contributed by atoms with Crippen molar-refractivity contribution in [2.75, 3.05) is 6.61 Å². The summed E-state index contributed by atoms with van der Waals surface area (Å²) in [5.41, 5.74) is 1.92. The van der Waals surface area contributed by atoms with Gasteiger partial charge in [0.15, 0.2) is 0 Å². The third-order valence-electron chi connectivity index (χ3n) is 6.76. The average molecular weight is 519 g/mol. The van der Waals surface area contributed by atoms with Gasteiger partial charge in [0, 0.05) is 30.5 Å². The lowest BCUT2D eigenvalue weighted by Crippen LogP contribution is -2.52. The van der Waals surface area contributed by atoms with E-state index in [1.807, 2.05) is 84.9 Å². The molecule has 1 aliphatic carbocycles. The van der Waals surface area contributed by atoms with Gasteiger partial charge >= 0.3 is 0 Å². The molecule has 0 aromatic heterocycles. The van der Waals surface area contributed by atoms with Gasteiger partial charge in [-0.25, -0.2) is 0 Å². The van der Waals surface area contributed by atoms with Crippen molar-refractivity contribution in [2.24, 2.45) is 0 Å². The summed E-state index contributed by atoms with van der Waals surface area (Å²) in [6.07, 6.45) is 5.52. The summed E-state index contributed by atoms with van der Waals surface area (Å²) >= 11 is 6.25. The molecule has 37 heavy (non-hydrogen) atoms. The van der Waals surface area contributed by atoms with Crippen LogP contribution >= 0.6 is 11.6 Å². The van der Waals surface area contributed by atoms with Crippen LogP contribution in [0.1, 0.15) is 49.7 Å². The maximum atomic E-state index is 13.7. The van der Waals surface area contributed by atoms with E-state index in [1.165, 1.54) is 0 Å². The molecule has 0 radical (unpaired) electrons. The highest BCUT2D eigenvalue weighted by Crippen LogP contribution is 2.21. The van der Waals surface area contributed by atoms with E-state index in [1.54, 1.807) is 4.90 Å². The number of carbonyl (C=O) groups excluding carboxylic acids is 2. The lowest BCUT2D eigenvalue weighted by molar-refractivity contribution is -0.141. The van der Waals surface area contributed by atoms with Gasteiger partial charge in [-0.2, -0.15) is 0 Å². The quantitative estimate of drug-likeness (QED) is 0.290. The molecular weight excluding hydrogens is 484 g/mol. The number of nitrogens with one attached hydrogen (secondary N) is 1. The second-order valence-corrected chi connectivity index (χ2v) is 10.0. The standard InChI is InChI=1S/C31H35ClN2O3/c32-26-14-9-13-25(21-26)23-34(30(35)19-10-20-37-28-17-5-2-6-18-28)29(22-24-11-3-1-4-12-24)31(36)33-27-15-7-8-16-27/h1-6,9,11-14,17-18,21,27,29H,7-8,10,15-16,19-20,22-23H2,(H,33,36)/t29-/m1/s1. The van der Waals surface area contributed by atoms with Crippen LogP contribution in [0.5, 0.6) is 5.75 Å². The highest BCUT2D eigenvalue weighted by molar-refractivity contribution is 6.30. The highest BCUT2D eigenvalue weighted by Gasteiger charge is 2.32. The predicted molar refractivity (Wildman–Crippen MR) is 148 cm³/mol. The molecule has 1 saturated carbocycles. The lowest BCUT2D eigenvalue weighted by Gasteiger charge is -2.32. The molecule has 1 atom stereocenters. The van der Waals surface area contributed by atoms with E-state index >= 15 is 0 Å². The Labute approximate surface area is 224 Å². The number of benzene rings is 3. The number of amides is 2. The minimum Gasteiger partial charge on any atom is -0.494 e. The molecule has 1 aliphatic rings. The minimum atomic E-state index is -0.621. The number of halogens is 1. The summed E-state index contributed by atoms with van der Waals surface area (Å²) in [5, 5.41) is 3.84. The first-order chi connectivity index (χ1) is 18.1. The number of nitrogens with zero attached hydrogens (tertiary/aromatic N) is 1. The molecule has 2 amide bonds. The van der Waals surface area contributed by atoms with Crippen LogP contribution in [-0.4, -0.2) is 35.4 Å². The Morgan fingerprint density at radius 3 is 2.30 bits per heavy atom. The van der Waals surface area contributed by atoms with Crippen LogP contribution < -0.4 is 10.1 Å². The molecule has 6 heteroatoms. The summed E-state index contributed by atoms with van der Waals surface area (Å²) in [7, 11) is 0.